The molecule has 2 aromatic carbocycles. The second kappa shape index (κ2) is 11.4. The van der Waals surface area contributed by atoms with E-state index >= 15 is 0 Å². The molecular weight excluding hydrogens is 472 g/mol. The van der Waals surface area contributed by atoms with Crippen LogP contribution in [0.15, 0.2) is 42.5 Å². The summed E-state index contributed by atoms with van der Waals surface area (Å²) in [6.45, 7) is 4.92. The second-order valence-corrected chi connectivity index (χ2v) is 9.49. The molecule has 0 bridgehead atoms. The Kier molecular flexibility index (Phi) is 8.03. The predicted octanol–water partition coefficient (Wildman–Crippen LogP) is 3.23. The molecule has 9 nitrogen and oxygen atoms in total. The number of rotatable bonds is 8. The number of carboxylic acids is 1. The number of piperidine rings is 1. The van der Waals surface area contributed by atoms with Crippen molar-refractivity contribution in [2.75, 3.05) is 24.5 Å². The van der Waals surface area contributed by atoms with Gasteiger partial charge >= 0.3 is 5.97 Å². The SMILES string of the molecule is Cc1cc(CO)ccc1-c1ccc(N2CCC(Cc3nc(C)c(O)c(C(=O)NCC(=O)O)n3)CC2)cc1. The van der Waals surface area contributed by atoms with E-state index in [2.05, 4.69) is 57.4 Å². The van der Waals surface area contributed by atoms with Crippen molar-refractivity contribution in [3.05, 3.63) is 70.8 Å². The second-order valence-electron chi connectivity index (χ2n) is 9.49. The molecule has 4 N–H and O–H groups in total. The summed E-state index contributed by atoms with van der Waals surface area (Å²) in [6.07, 6.45) is 2.46. The maximum Gasteiger partial charge on any atom is 0.322 e. The van der Waals surface area contributed by atoms with Crippen molar-refractivity contribution in [1.29, 1.82) is 0 Å². The van der Waals surface area contributed by atoms with Crippen LogP contribution in [0.4, 0.5) is 5.69 Å². The first-order chi connectivity index (χ1) is 17.7. The van der Waals surface area contributed by atoms with Crippen molar-refractivity contribution in [2.45, 2.75) is 39.7 Å². The number of amides is 1. The van der Waals surface area contributed by atoms with Gasteiger partial charge in [0.1, 0.15) is 12.4 Å². The van der Waals surface area contributed by atoms with Crippen molar-refractivity contribution >= 4 is 17.6 Å². The Morgan fingerprint density at radius 2 is 1.76 bits per heavy atom. The summed E-state index contributed by atoms with van der Waals surface area (Å²) in [7, 11) is 0. The minimum absolute atomic E-state index is 0.0395. The summed E-state index contributed by atoms with van der Waals surface area (Å²) in [6, 6.07) is 14.6. The molecule has 1 aromatic heterocycles. The van der Waals surface area contributed by atoms with E-state index in [0.29, 0.717) is 23.9 Å². The highest BCUT2D eigenvalue weighted by Gasteiger charge is 2.23. The Hall–Kier alpha value is -3.98. The Balaban J connectivity index is 1.37. The van der Waals surface area contributed by atoms with E-state index in [4.69, 9.17) is 5.11 Å². The number of carbonyl (C=O) groups is 2. The van der Waals surface area contributed by atoms with Crippen LogP contribution in [0.2, 0.25) is 0 Å². The van der Waals surface area contributed by atoms with E-state index in [1.54, 1.807) is 6.92 Å². The summed E-state index contributed by atoms with van der Waals surface area (Å²) in [5.41, 5.74) is 5.61. The lowest BCUT2D eigenvalue weighted by molar-refractivity contribution is -0.135. The van der Waals surface area contributed by atoms with Crippen LogP contribution in [0.25, 0.3) is 11.1 Å². The topological polar surface area (TPSA) is 136 Å². The smallest absolute Gasteiger partial charge is 0.322 e. The molecule has 0 radical (unpaired) electrons. The zero-order chi connectivity index (χ0) is 26.5. The molecule has 9 heteroatoms. The molecule has 1 aliphatic rings. The highest BCUT2D eigenvalue weighted by molar-refractivity contribution is 5.96. The van der Waals surface area contributed by atoms with Gasteiger partial charge in [0.25, 0.3) is 5.91 Å². The van der Waals surface area contributed by atoms with Crippen molar-refractivity contribution in [2.24, 2.45) is 5.92 Å². The molecule has 0 unspecified atom stereocenters. The molecule has 1 saturated heterocycles. The first-order valence-electron chi connectivity index (χ1n) is 12.4. The van der Waals surface area contributed by atoms with Crippen molar-refractivity contribution < 1.29 is 24.9 Å². The van der Waals surface area contributed by atoms with E-state index in [1.807, 2.05) is 12.1 Å². The van der Waals surface area contributed by atoms with E-state index in [1.165, 1.54) is 5.69 Å². The van der Waals surface area contributed by atoms with Gasteiger partial charge in [0, 0.05) is 25.2 Å². The number of anilines is 1. The molecule has 194 valence electrons. The molecule has 0 aliphatic carbocycles. The number of aromatic nitrogens is 2. The van der Waals surface area contributed by atoms with E-state index in [9.17, 15) is 19.8 Å². The van der Waals surface area contributed by atoms with Crippen LogP contribution < -0.4 is 10.2 Å². The van der Waals surface area contributed by atoms with Gasteiger partial charge in [-0.15, -0.1) is 0 Å². The number of nitrogens with zero attached hydrogens (tertiary/aromatic N) is 3. The molecule has 0 saturated carbocycles. The van der Waals surface area contributed by atoms with Gasteiger partial charge in [-0.3, -0.25) is 9.59 Å². The van der Waals surface area contributed by atoms with Crippen LogP contribution in [0.5, 0.6) is 5.75 Å². The van der Waals surface area contributed by atoms with Gasteiger partial charge in [-0.1, -0.05) is 30.3 Å². The average molecular weight is 505 g/mol. The fourth-order valence-corrected chi connectivity index (χ4v) is 4.77. The lowest BCUT2D eigenvalue weighted by Crippen LogP contribution is -2.34. The zero-order valence-electron chi connectivity index (χ0n) is 21.1. The lowest BCUT2D eigenvalue weighted by atomic mass is 9.92. The van der Waals surface area contributed by atoms with Gasteiger partial charge in [-0.25, -0.2) is 9.97 Å². The minimum Gasteiger partial charge on any atom is -0.504 e. The third-order valence-electron chi connectivity index (χ3n) is 6.82. The Labute approximate surface area is 215 Å². The highest BCUT2D eigenvalue weighted by atomic mass is 16.4. The van der Waals surface area contributed by atoms with Crippen LogP contribution in [0.3, 0.4) is 0 Å². The lowest BCUT2D eigenvalue weighted by Gasteiger charge is -2.33. The van der Waals surface area contributed by atoms with E-state index in [-0.39, 0.29) is 18.1 Å². The maximum absolute atomic E-state index is 12.3. The summed E-state index contributed by atoms with van der Waals surface area (Å²) < 4.78 is 0. The van der Waals surface area contributed by atoms with E-state index < -0.39 is 18.4 Å². The average Bonchev–Trinajstić information content (AvgIpc) is 2.89. The molecule has 1 aliphatic heterocycles. The monoisotopic (exact) mass is 504 g/mol. The van der Waals surface area contributed by atoms with Crippen molar-refractivity contribution in [1.82, 2.24) is 15.3 Å². The van der Waals surface area contributed by atoms with Crippen LogP contribution in [0.1, 0.15) is 46.0 Å². The molecule has 4 rings (SSSR count). The number of aromatic hydroxyl groups is 1. The Morgan fingerprint density at radius 3 is 2.38 bits per heavy atom. The summed E-state index contributed by atoms with van der Waals surface area (Å²) >= 11 is 0. The zero-order valence-corrected chi connectivity index (χ0v) is 21.1. The third-order valence-corrected chi connectivity index (χ3v) is 6.82. The van der Waals surface area contributed by atoms with Crippen LogP contribution >= 0.6 is 0 Å². The standard InChI is InChI=1S/C28H32N4O5/c1-17-13-20(16-33)3-8-23(17)21-4-6-22(7-5-21)32-11-9-19(10-12-32)14-24-30-18(2)27(36)26(31-24)28(37)29-15-25(34)35/h3-8,13,19,33,36H,9-12,14-16H2,1-2H3,(H,29,37)(H,34,35). The van der Waals surface area contributed by atoms with Crippen LogP contribution in [0, 0.1) is 19.8 Å². The fraction of sp³-hybridized carbons (Fsp3) is 0.357. The largest absolute Gasteiger partial charge is 0.504 e. The van der Waals surface area contributed by atoms with Gasteiger partial charge in [-0.05, 0) is 67.0 Å². The normalized spacial score (nSPS) is 14.0. The van der Waals surface area contributed by atoms with Crippen LogP contribution in [-0.4, -0.2) is 56.8 Å². The fourth-order valence-electron chi connectivity index (χ4n) is 4.77. The van der Waals surface area contributed by atoms with Gasteiger partial charge in [0.2, 0.25) is 0 Å². The van der Waals surface area contributed by atoms with Gasteiger partial charge < -0.3 is 25.5 Å². The van der Waals surface area contributed by atoms with Crippen molar-refractivity contribution in [3.63, 3.8) is 0 Å². The van der Waals surface area contributed by atoms with Crippen molar-refractivity contribution in [3.8, 4) is 16.9 Å². The van der Waals surface area contributed by atoms with Crippen LogP contribution in [-0.2, 0) is 17.8 Å². The highest BCUT2D eigenvalue weighted by Crippen LogP contribution is 2.30. The number of aliphatic hydroxyl groups is 1. The summed E-state index contributed by atoms with van der Waals surface area (Å²) in [5.74, 6) is -1.43. The van der Waals surface area contributed by atoms with Gasteiger partial charge in [0.05, 0.1) is 12.3 Å². The molecule has 0 atom stereocenters. The number of carboxylic acid groups (broad SMARTS) is 1. The first kappa shape index (κ1) is 26.1. The Morgan fingerprint density at radius 1 is 1.05 bits per heavy atom. The van der Waals surface area contributed by atoms with E-state index in [0.717, 1.165) is 48.2 Å². The number of hydrogen-bond donors (Lipinski definition) is 4. The first-order valence-corrected chi connectivity index (χ1v) is 12.4. The molecule has 1 fully saturated rings. The van der Waals surface area contributed by atoms with Gasteiger partial charge in [-0.2, -0.15) is 0 Å². The number of hydrogen-bond acceptors (Lipinski definition) is 7. The number of aliphatic hydroxyl groups excluding tert-OH is 1. The molecular formula is C28H32N4O5. The number of benzene rings is 2. The third kappa shape index (κ3) is 6.24. The number of aryl methyl sites for hydroxylation is 2. The molecule has 1 amide bonds. The maximum atomic E-state index is 12.3. The molecule has 37 heavy (non-hydrogen) atoms. The quantitative estimate of drug-likeness (QED) is 0.367. The number of nitrogens with one attached hydrogen (secondary N) is 1. The predicted molar refractivity (Wildman–Crippen MR) is 140 cm³/mol. The van der Waals surface area contributed by atoms with Gasteiger partial charge in [0.15, 0.2) is 11.4 Å². The summed E-state index contributed by atoms with van der Waals surface area (Å²) in [5, 5.41) is 30.6. The number of aliphatic carboxylic acids is 1. The number of carbonyl (C=O) groups excluding carboxylic acids is 1. The summed E-state index contributed by atoms with van der Waals surface area (Å²) in [4.78, 5) is 34.0. The molecule has 3 aromatic rings. The minimum atomic E-state index is -1.17. The Bertz CT molecular complexity index is 1280. The molecule has 2 heterocycles. The molecule has 0 spiro atoms.